The van der Waals surface area contributed by atoms with Gasteiger partial charge in [-0.05, 0) is 38.1 Å². The number of halogens is 4. The highest BCUT2D eigenvalue weighted by molar-refractivity contribution is 5.64. The molecule has 11 heteroatoms. The lowest BCUT2D eigenvalue weighted by Gasteiger charge is -2.19. The molecule has 0 spiro atoms. The number of alkyl halides is 4. The van der Waals surface area contributed by atoms with Gasteiger partial charge in [0.1, 0.15) is 28.7 Å². The maximum Gasteiger partial charge on any atom is 0.287 e. The number of hydrogen-bond acceptors (Lipinski definition) is 7. The second kappa shape index (κ2) is 8.89. The summed E-state index contributed by atoms with van der Waals surface area (Å²) in [4.78, 5) is 16.3. The van der Waals surface area contributed by atoms with E-state index in [9.17, 15) is 22.7 Å². The standard InChI is InChI=1S/C22H24F4N6O/c1-20(2,33)12-28-17-11-18(29-13-8-9-27-16(10-13)22(4,25)26)32-19(31-17)14-6-5-7-15(30-14)21(3,23)24/h5-11,33H,12H2,1-4H3,(H2,27,28,29,31,32). The molecule has 3 N–H and O–H groups in total. The predicted octanol–water partition coefficient (Wildman–Crippen LogP) is 5.08. The van der Waals surface area contributed by atoms with Gasteiger partial charge in [0.25, 0.3) is 11.8 Å². The lowest BCUT2D eigenvalue weighted by molar-refractivity contribution is 0.0122. The van der Waals surface area contributed by atoms with E-state index >= 15 is 0 Å². The van der Waals surface area contributed by atoms with Crippen molar-refractivity contribution in [3.05, 3.63) is 54.0 Å². The summed E-state index contributed by atoms with van der Waals surface area (Å²) in [6.45, 7) is 4.80. The third-order valence-electron chi connectivity index (χ3n) is 4.34. The number of nitrogens with one attached hydrogen (secondary N) is 2. The normalized spacial score (nSPS) is 12.5. The topological polar surface area (TPSA) is 95.8 Å². The van der Waals surface area contributed by atoms with Crippen molar-refractivity contribution in [1.29, 1.82) is 0 Å². The molecule has 0 atom stereocenters. The third kappa shape index (κ3) is 6.82. The quantitative estimate of drug-likeness (QED) is 0.400. The van der Waals surface area contributed by atoms with Crippen molar-refractivity contribution in [1.82, 2.24) is 19.9 Å². The highest BCUT2D eigenvalue weighted by Crippen LogP contribution is 2.30. The van der Waals surface area contributed by atoms with E-state index in [1.807, 2.05) is 0 Å². The Bertz CT molecular complexity index is 1120. The van der Waals surface area contributed by atoms with Gasteiger partial charge in [0.05, 0.1) is 5.60 Å². The van der Waals surface area contributed by atoms with E-state index in [-0.39, 0.29) is 29.7 Å². The van der Waals surface area contributed by atoms with E-state index in [1.54, 1.807) is 13.8 Å². The van der Waals surface area contributed by atoms with Crippen LogP contribution in [0.5, 0.6) is 0 Å². The van der Waals surface area contributed by atoms with Crippen LogP contribution in [0.2, 0.25) is 0 Å². The van der Waals surface area contributed by atoms with Crippen molar-refractivity contribution >= 4 is 17.3 Å². The fourth-order valence-corrected chi connectivity index (χ4v) is 2.72. The molecule has 3 aromatic rings. The molecular weight excluding hydrogens is 440 g/mol. The molecule has 33 heavy (non-hydrogen) atoms. The van der Waals surface area contributed by atoms with Crippen LogP contribution in [0.3, 0.4) is 0 Å². The van der Waals surface area contributed by atoms with Gasteiger partial charge in [0.2, 0.25) is 0 Å². The highest BCUT2D eigenvalue weighted by atomic mass is 19.3. The van der Waals surface area contributed by atoms with E-state index in [2.05, 4.69) is 30.6 Å². The van der Waals surface area contributed by atoms with Crippen molar-refractivity contribution in [3.63, 3.8) is 0 Å². The summed E-state index contributed by atoms with van der Waals surface area (Å²) >= 11 is 0. The largest absolute Gasteiger partial charge is 0.389 e. The molecule has 0 bridgehead atoms. The average molecular weight is 464 g/mol. The summed E-state index contributed by atoms with van der Waals surface area (Å²) < 4.78 is 54.8. The van der Waals surface area contributed by atoms with Crippen LogP contribution in [-0.2, 0) is 11.8 Å². The number of aliphatic hydroxyl groups is 1. The van der Waals surface area contributed by atoms with Gasteiger partial charge in [0, 0.05) is 38.3 Å². The van der Waals surface area contributed by atoms with Crippen LogP contribution in [0, 0.1) is 0 Å². The van der Waals surface area contributed by atoms with Crippen LogP contribution in [0.1, 0.15) is 39.1 Å². The Kier molecular flexibility index (Phi) is 6.55. The van der Waals surface area contributed by atoms with Crippen LogP contribution < -0.4 is 10.6 Å². The SMILES string of the molecule is CC(C)(O)CNc1cc(Nc2ccnc(C(C)(F)F)c2)nc(-c2cccc(C(C)(F)F)n2)n1. The molecule has 0 unspecified atom stereocenters. The number of hydrogen-bond donors (Lipinski definition) is 3. The van der Waals surface area contributed by atoms with E-state index in [1.165, 1.54) is 42.6 Å². The smallest absolute Gasteiger partial charge is 0.287 e. The van der Waals surface area contributed by atoms with Crippen LogP contribution >= 0.6 is 0 Å². The molecule has 3 rings (SSSR count). The van der Waals surface area contributed by atoms with Gasteiger partial charge in [-0.2, -0.15) is 17.6 Å². The molecule has 0 saturated heterocycles. The summed E-state index contributed by atoms with van der Waals surface area (Å²) in [6.07, 6.45) is 1.24. The highest BCUT2D eigenvalue weighted by Gasteiger charge is 2.27. The number of nitrogens with zero attached hydrogens (tertiary/aromatic N) is 4. The van der Waals surface area contributed by atoms with E-state index in [0.29, 0.717) is 5.69 Å². The summed E-state index contributed by atoms with van der Waals surface area (Å²) in [5, 5.41) is 15.9. The molecule has 176 valence electrons. The van der Waals surface area contributed by atoms with Crippen molar-refractivity contribution in [3.8, 4) is 11.5 Å². The molecule has 3 aromatic heterocycles. The first-order valence-corrected chi connectivity index (χ1v) is 10.0. The van der Waals surface area contributed by atoms with Crippen molar-refractivity contribution in [2.75, 3.05) is 17.2 Å². The molecular formula is C22H24F4N6O. The molecule has 0 aliphatic carbocycles. The summed E-state index contributed by atoms with van der Waals surface area (Å²) in [5.74, 6) is -5.80. The number of pyridine rings is 2. The summed E-state index contributed by atoms with van der Waals surface area (Å²) in [6, 6.07) is 8.26. The Morgan fingerprint density at radius 2 is 1.52 bits per heavy atom. The average Bonchev–Trinajstić information content (AvgIpc) is 2.71. The lowest BCUT2D eigenvalue weighted by Crippen LogP contribution is -2.29. The van der Waals surface area contributed by atoms with Crippen LogP contribution in [0.4, 0.5) is 34.9 Å². The molecule has 3 heterocycles. The Hall–Kier alpha value is -3.34. The zero-order chi connectivity index (χ0) is 24.4. The van der Waals surface area contributed by atoms with Gasteiger partial charge in [-0.3, -0.25) is 4.98 Å². The minimum absolute atomic E-state index is 0.0273. The Morgan fingerprint density at radius 1 is 0.848 bits per heavy atom. The second-order valence-electron chi connectivity index (χ2n) is 8.37. The van der Waals surface area contributed by atoms with Crippen LogP contribution in [-0.4, -0.2) is 37.2 Å². The minimum Gasteiger partial charge on any atom is -0.389 e. The van der Waals surface area contributed by atoms with E-state index in [4.69, 9.17) is 0 Å². The van der Waals surface area contributed by atoms with E-state index < -0.39 is 28.8 Å². The maximum atomic E-state index is 13.8. The molecule has 0 saturated carbocycles. The Labute approximate surface area is 188 Å². The maximum absolute atomic E-state index is 13.8. The van der Waals surface area contributed by atoms with Crippen molar-refractivity contribution in [2.45, 2.75) is 45.1 Å². The summed E-state index contributed by atoms with van der Waals surface area (Å²) in [5.41, 5.74) is -1.55. The Morgan fingerprint density at radius 3 is 2.15 bits per heavy atom. The van der Waals surface area contributed by atoms with Crippen molar-refractivity contribution < 1.29 is 22.7 Å². The molecule has 0 amide bonds. The van der Waals surface area contributed by atoms with Crippen LogP contribution in [0.25, 0.3) is 11.5 Å². The molecule has 0 aromatic carbocycles. The molecule has 0 radical (unpaired) electrons. The Balaban J connectivity index is 2.02. The van der Waals surface area contributed by atoms with Crippen LogP contribution in [0.15, 0.2) is 42.6 Å². The van der Waals surface area contributed by atoms with E-state index in [0.717, 1.165) is 13.8 Å². The predicted molar refractivity (Wildman–Crippen MR) is 117 cm³/mol. The van der Waals surface area contributed by atoms with Gasteiger partial charge in [-0.15, -0.1) is 0 Å². The van der Waals surface area contributed by atoms with Gasteiger partial charge < -0.3 is 15.7 Å². The third-order valence-corrected chi connectivity index (χ3v) is 4.34. The van der Waals surface area contributed by atoms with Gasteiger partial charge in [0.15, 0.2) is 5.82 Å². The lowest BCUT2D eigenvalue weighted by atomic mass is 10.1. The van der Waals surface area contributed by atoms with Gasteiger partial charge in [-0.25, -0.2) is 15.0 Å². The zero-order valence-corrected chi connectivity index (χ0v) is 18.5. The first-order chi connectivity index (χ1) is 15.2. The second-order valence-corrected chi connectivity index (χ2v) is 8.37. The minimum atomic E-state index is -3.16. The molecule has 7 nitrogen and oxygen atoms in total. The zero-order valence-electron chi connectivity index (χ0n) is 18.5. The van der Waals surface area contributed by atoms with Gasteiger partial charge in [-0.1, -0.05) is 6.07 Å². The number of anilines is 3. The van der Waals surface area contributed by atoms with Crippen molar-refractivity contribution in [2.24, 2.45) is 0 Å². The fraction of sp³-hybridized carbons (Fsp3) is 0.364. The molecule has 0 aliphatic heterocycles. The first-order valence-electron chi connectivity index (χ1n) is 10.0. The monoisotopic (exact) mass is 464 g/mol. The molecule has 0 aliphatic rings. The summed E-state index contributed by atoms with van der Waals surface area (Å²) in [7, 11) is 0. The first kappa shape index (κ1) is 24.3. The fourth-order valence-electron chi connectivity index (χ4n) is 2.72. The number of rotatable bonds is 8. The number of aromatic nitrogens is 4. The molecule has 0 fully saturated rings. The van der Waals surface area contributed by atoms with Gasteiger partial charge >= 0.3 is 0 Å².